The smallest absolute Gasteiger partial charge is 0.255 e. The molecule has 1 aliphatic heterocycles. The van der Waals surface area contributed by atoms with Crippen molar-refractivity contribution in [2.75, 3.05) is 26.2 Å². The molecule has 0 unspecified atom stereocenters. The Morgan fingerprint density at radius 2 is 1.70 bits per heavy atom. The number of rotatable bonds is 2. The maximum absolute atomic E-state index is 13.2. The van der Waals surface area contributed by atoms with Gasteiger partial charge in [-0.3, -0.25) is 9.59 Å². The van der Waals surface area contributed by atoms with Crippen LogP contribution in [-0.2, 0) is 0 Å². The lowest BCUT2D eigenvalue weighted by Gasteiger charge is -2.35. The van der Waals surface area contributed by atoms with Crippen LogP contribution in [0.25, 0.3) is 5.52 Å². The number of amides is 2. The van der Waals surface area contributed by atoms with Crippen molar-refractivity contribution in [1.29, 1.82) is 0 Å². The van der Waals surface area contributed by atoms with Gasteiger partial charge in [-0.25, -0.2) is 9.37 Å². The first kappa shape index (κ1) is 17.5. The summed E-state index contributed by atoms with van der Waals surface area (Å²) in [6.07, 6.45) is 5.17. The Hall–Kier alpha value is -2.93. The van der Waals surface area contributed by atoms with Gasteiger partial charge in [-0.05, 0) is 30.3 Å². The van der Waals surface area contributed by atoms with Crippen molar-refractivity contribution < 1.29 is 14.0 Å². The number of halogens is 2. The molecule has 1 aromatic carbocycles. The molecule has 1 fully saturated rings. The van der Waals surface area contributed by atoms with Crippen LogP contribution in [0.4, 0.5) is 4.39 Å². The SMILES string of the molecule is O=C(c1ccn2cncc2c1)N1CCN(C(=O)c2ccc(F)cc2Cl)CC1. The maximum Gasteiger partial charge on any atom is 0.255 e. The molecule has 0 atom stereocenters. The molecule has 8 heteroatoms. The number of aromatic nitrogens is 2. The Kier molecular flexibility index (Phi) is 4.53. The normalized spacial score (nSPS) is 14.6. The molecule has 6 nitrogen and oxygen atoms in total. The second-order valence-corrected chi connectivity index (χ2v) is 6.76. The Balaban J connectivity index is 1.43. The summed E-state index contributed by atoms with van der Waals surface area (Å²) >= 11 is 5.98. The third-order valence-corrected chi connectivity index (χ3v) is 4.99. The van der Waals surface area contributed by atoms with E-state index >= 15 is 0 Å². The Bertz CT molecular complexity index is 1030. The average Bonchev–Trinajstić information content (AvgIpc) is 3.15. The molecule has 0 bridgehead atoms. The van der Waals surface area contributed by atoms with E-state index in [2.05, 4.69) is 4.98 Å². The lowest BCUT2D eigenvalue weighted by atomic mass is 10.1. The molecule has 2 aromatic heterocycles. The Labute approximate surface area is 159 Å². The molecular weight excluding hydrogens is 371 g/mol. The Morgan fingerprint density at radius 3 is 2.41 bits per heavy atom. The van der Waals surface area contributed by atoms with Crippen molar-refractivity contribution in [3.8, 4) is 0 Å². The quantitative estimate of drug-likeness (QED) is 0.680. The van der Waals surface area contributed by atoms with Crippen LogP contribution in [0.15, 0.2) is 49.1 Å². The van der Waals surface area contributed by atoms with Crippen LogP contribution in [0.1, 0.15) is 20.7 Å². The van der Waals surface area contributed by atoms with E-state index in [1.165, 1.54) is 12.1 Å². The standard InChI is InChI=1S/C19H16ClFN4O2/c20-17-10-14(21)1-2-16(17)19(27)24-7-5-23(6-8-24)18(26)13-3-4-25-12-22-11-15(25)9-13/h1-4,9-12H,5-8H2. The van der Waals surface area contributed by atoms with E-state index in [0.29, 0.717) is 31.7 Å². The van der Waals surface area contributed by atoms with Crippen LogP contribution < -0.4 is 0 Å². The lowest BCUT2D eigenvalue weighted by Crippen LogP contribution is -2.50. The molecule has 0 N–H and O–H groups in total. The second kappa shape index (κ2) is 7.00. The van der Waals surface area contributed by atoms with Gasteiger partial charge in [0.05, 0.1) is 28.6 Å². The molecule has 138 valence electrons. The number of hydrogen-bond donors (Lipinski definition) is 0. The van der Waals surface area contributed by atoms with Crippen molar-refractivity contribution in [1.82, 2.24) is 19.2 Å². The molecule has 4 rings (SSSR count). The number of fused-ring (bicyclic) bond motifs is 1. The monoisotopic (exact) mass is 386 g/mol. The highest BCUT2D eigenvalue weighted by atomic mass is 35.5. The molecule has 0 radical (unpaired) electrons. The highest BCUT2D eigenvalue weighted by Crippen LogP contribution is 2.20. The average molecular weight is 387 g/mol. The van der Waals surface area contributed by atoms with Gasteiger partial charge in [0.15, 0.2) is 0 Å². The van der Waals surface area contributed by atoms with Crippen LogP contribution in [0.5, 0.6) is 0 Å². The topological polar surface area (TPSA) is 57.9 Å². The number of piperazine rings is 1. The lowest BCUT2D eigenvalue weighted by molar-refractivity contribution is 0.0535. The summed E-state index contributed by atoms with van der Waals surface area (Å²) in [6, 6.07) is 7.28. The first-order chi connectivity index (χ1) is 13.0. The number of carbonyl (C=O) groups excluding carboxylic acids is 2. The summed E-state index contributed by atoms with van der Waals surface area (Å²) in [7, 11) is 0. The number of imidazole rings is 1. The van der Waals surface area contributed by atoms with Crippen LogP contribution in [0.3, 0.4) is 0 Å². The second-order valence-electron chi connectivity index (χ2n) is 6.35. The van der Waals surface area contributed by atoms with E-state index in [9.17, 15) is 14.0 Å². The zero-order chi connectivity index (χ0) is 19.0. The van der Waals surface area contributed by atoms with E-state index in [0.717, 1.165) is 11.6 Å². The molecule has 0 aliphatic carbocycles. The minimum Gasteiger partial charge on any atom is -0.335 e. The summed E-state index contributed by atoms with van der Waals surface area (Å²) in [5.41, 5.74) is 1.70. The number of carbonyl (C=O) groups is 2. The minimum atomic E-state index is -0.484. The van der Waals surface area contributed by atoms with Crippen LogP contribution in [0, 0.1) is 5.82 Å². The molecule has 1 saturated heterocycles. The molecule has 3 heterocycles. The Morgan fingerprint density at radius 1 is 1.00 bits per heavy atom. The third kappa shape index (κ3) is 3.38. The summed E-state index contributed by atoms with van der Waals surface area (Å²) in [4.78, 5) is 32.7. The molecular formula is C19H16ClFN4O2. The summed E-state index contributed by atoms with van der Waals surface area (Å²) in [5.74, 6) is -0.819. The maximum atomic E-state index is 13.2. The van der Waals surface area contributed by atoms with E-state index in [1.807, 2.05) is 4.40 Å². The van der Waals surface area contributed by atoms with E-state index in [4.69, 9.17) is 11.6 Å². The largest absolute Gasteiger partial charge is 0.335 e. The minimum absolute atomic E-state index is 0.0781. The summed E-state index contributed by atoms with van der Waals surface area (Å²) in [5, 5.41) is 0.0904. The van der Waals surface area contributed by atoms with E-state index in [1.54, 1.807) is 40.7 Å². The first-order valence-corrected chi connectivity index (χ1v) is 8.86. The summed E-state index contributed by atoms with van der Waals surface area (Å²) in [6.45, 7) is 1.64. The van der Waals surface area contributed by atoms with E-state index in [-0.39, 0.29) is 22.4 Å². The fourth-order valence-electron chi connectivity index (χ4n) is 3.18. The van der Waals surface area contributed by atoms with Crippen LogP contribution >= 0.6 is 11.6 Å². The number of nitrogens with zero attached hydrogens (tertiary/aromatic N) is 4. The molecule has 3 aromatic rings. The molecule has 0 saturated carbocycles. The van der Waals surface area contributed by atoms with Crippen LogP contribution in [-0.4, -0.2) is 57.2 Å². The summed E-state index contributed by atoms with van der Waals surface area (Å²) < 4.78 is 15.0. The van der Waals surface area contributed by atoms with Crippen LogP contribution in [0.2, 0.25) is 5.02 Å². The van der Waals surface area contributed by atoms with Crippen molar-refractivity contribution in [3.05, 3.63) is 71.0 Å². The van der Waals surface area contributed by atoms with Crippen molar-refractivity contribution in [3.63, 3.8) is 0 Å². The predicted molar refractivity (Wildman–Crippen MR) is 98.4 cm³/mol. The number of hydrogen-bond acceptors (Lipinski definition) is 3. The highest BCUT2D eigenvalue weighted by molar-refractivity contribution is 6.33. The van der Waals surface area contributed by atoms with Gasteiger partial charge < -0.3 is 14.2 Å². The molecule has 0 spiro atoms. The molecule has 2 amide bonds. The van der Waals surface area contributed by atoms with Gasteiger partial charge in [0.1, 0.15) is 5.82 Å². The third-order valence-electron chi connectivity index (χ3n) is 4.68. The van der Waals surface area contributed by atoms with Crippen molar-refractivity contribution >= 4 is 28.9 Å². The van der Waals surface area contributed by atoms with Gasteiger partial charge in [-0.1, -0.05) is 11.6 Å². The number of pyridine rings is 1. The highest BCUT2D eigenvalue weighted by Gasteiger charge is 2.26. The van der Waals surface area contributed by atoms with Gasteiger partial charge in [-0.15, -0.1) is 0 Å². The number of benzene rings is 1. The predicted octanol–water partition coefficient (Wildman–Crippen LogP) is 2.73. The zero-order valence-electron chi connectivity index (χ0n) is 14.3. The molecule has 1 aliphatic rings. The van der Waals surface area contributed by atoms with E-state index < -0.39 is 5.82 Å². The van der Waals surface area contributed by atoms with Gasteiger partial charge in [0.25, 0.3) is 11.8 Å². The van der Waals surface area contributed by atoms with Gasteiger partial charge >= 0.3 is 0 Å². The van der Waals surface area contributed by atoms with Gasteiger partial charge in [0, 0.05) is 37.9 Å². The van der Waals surface area contributed by atoms with Crippen molar-refractivity contribution in [2.45, 2.75) is 0 Å². The van der Waals surface area contributed by atoms with Gasteiger partial charge in [0.2, 0.25) is 0 Å². The van der Waals surface area contributed by atoms with Gasteiger partial charge in [-0.2, -0.15) is 0 Å². The fraction of sp³-hybridized carbons (Fsp3) is 0.211. The molecule has 27 heavy (non-hydrogen) atoms. The van der Waals surface area contributed by atoms with Crippen molar-refractivity contribution in [2.24, 2.45) is 0 Å². The first-order valence-electron chi connectivity index (χ1n) is 8.48. The fourth-order valence-corrected chi connectivity index (χ4v) is 3.43. The zero-order valence-corrected chi connectivity index (χ0v) is 15.1.